The molecule has 1 heterocycles. The number of ether oxygens (including phenoxy) is 4. The minimum atomic E-state index is -1.19. The molecule has 13 heteroatoms. The number of nitrogens with zero attached hydrogens (tertiary/aromatic N) is 1. The highest BCUT2D eigenvalue weighted by atomic mass is 35.5. The number of allylic oxidation sites excluding steroid dienone is 1. The first-order valence-electron chi connectivity index (χ1n) is 13.6. The summed E-state index contributed by atoms with van der Waals surface area (Å²) in [6.45, 7) is 3.81. The lowest BCUT2D eigenvalue weighted by atomic mass is 9.95. The summed E-state index contributed by atoms with van der Waals surface area (Å²) in [5.41, 5.74) is 5.24. The third kappa shape index (κ3) is 8.34. The van der Waals surface area contributed by atoms with E-state index in [9.17, 15) is 14.7 Å². The summed E-state index contributed by atoms with van der Waals surface area (Å²) < 4.78 is 22.4. The van der Waals surface area contributed by atoms with Crippen LogP contribution in [-0.4, -0.2) is 49.9 Å². The van der Waals surface area contributed by atoms with Crippen LogP contribution in [0.2, 0.25) is 10.0 Å². The molecule has 0 radical (unpaired) electrons. The number of carbonyl (C=O) groups is 2. The Hall–Kier alpha value is -4.45. The van der Waals surface area contributed by atoms with Gasteiger partial charge in [0.15, 0.2) is 17.7 Å². The first kappa shape index (κ1) is 32.5. The van der Waals surface area contributed by atoms with Crippen molar-refractivity contribution in [1.29, 1.82) is 0 Å². The van der Waals surface area contributed by atoms with E-state index in [4.69, 9.17) is 42.1 Å². The molecule has 0 unspecified atom stereocenters. The number of methoxy groups -OCH3 is 1. The van der Waals surface area contributed by atoms with E-state index >= 15 is 0 Å². The normalized spacial score (nSPS) is 15.3. The highest BCUT2D eigenvalue weighted by Gasteiger charge is 2.32. The van der Waals surface area contributed by atoms with Gasteiger partial charge in [-0.05, 0) is 55.8 Å². The fourth-order valence-electron chi connectivity index (χ4n) is 4.34. The predicted octanol–water partition coefficient (Wildman–Crippen LogP) is 5.09. The largest absolute Gasteiger partial charge is 0.490 e. The van der Waals surface area contributed by atoms with Gasteiger partial charge in [0.25, 0.3) is 0 Å². The van der Waals surface area contributed by atoms with E-state index in [-0.39, 0.29) is 18.8 Å². The van der Waals surface area contributed by atoms with E-state index < -0.39 is 24.3 Å². The Labute approximate surface area is 264 Å². The lowest BCUT2D eigenvalue weighted by molar-refractivity contribution is -0.136. The van der Waals surface area contributed by atoms with Gasteiger partial charge in [0.2, 0.25) is 0 Å². The second-order valence-electron chi connectivity index (χ2n) is 9.48. The molecule has 0 spiro atoms. The first-order valence-corrected chi connectivity index (χ1v) is 14.3. The van der Waals surface area contributed by atoms with Crippen LogP contribution in [0.15, 0.2) is 77.0 Å². The quantitative estimate of drug-likeness (QED) is 0.0875. The summed E-state index contributed by atoms with van der Waals surface area (Å²) >= 11 is 12.4. The van der Waals surface area contributed by atoms with Gasteiger partial charge in [-0.25, -0.2) is 9.59 Å². The van der Waals surface area contributed by atoms with Crippen LogP contribution in [0.4, 0.5) is 4.79 Å². The Balaban J connectivity index is 1.41. The van der Waals surface area contributed by atoms with Crippen LogP contribution < -0.4 is 30.3 Å². The molecule has 0 bridgehead atoms. The van der Waals surface area contributed by atoms with Crippen LogP contribution in [0.5, 0.6) is 17.2 Å². The number of esters is 1. The lowest BCUT2D eigenvalue weighted by Crippen LogP contribution is -2.45. The Morgan fingerprint density at radius 3 is 2.59 bits per heavy atom. The zero-order chi connectivity index (χ0) is 31.6. The number of halogens is 2. The van der Waals surface area contributed by atoms with Gasteiger partial charge in [0.1, 0.15) is 19.0 Å². The number of aliphatic hydroxyl groups excluding tert-OH is 1. The summed E-state index contributed by atoms with van der Waals surface area (Å²) in [5.74, 6) is 0.642. The summed E-state index contributed by atoms with van der Waals surface area (Å²) in [4.78, 5) is 24.6. The summed E-state index contributed by atoms with van der Waals surface area (Å²) in [6.07, 6.45) is 0.284. The van der Waals surface area contributed by atoms with Gasteiger partial charge in [-0.15, -0.1) is 0 Å². The van der Waals surface area contributed by atoms with Crippen molar-refractivity contribution in [2.75, 3.05) is 20.3 Å². The number of urea groups is 1. The number of benzene rings is 3. The number of aliphatic hydroxyl groups is 1. The highest BCUT2D eigenvalue weighted by Crippen LogP contribution is 2.35. The molecule has 3 aromatic carbocycles. The molecular formula is C31H32Cl2N4O7. The molecule has 4 N–H and O–H groups in total. The van der Waals surface area contributed by atoms with Crippen molar-refractivity contribution in [3.05, 3.63) is 98.7 Å². The Kier molecular flexibility index (Phi) is 11.3. The number of carbonyl (C=O) groups excluding carboxylic acids is 2. The molecule has 0 saturated heterocycles. The minimum Gasteiger partial charge on any atom is -0.490 e. The molecule has 2 amide bonds. The number of rotatable bonds is 13. The van der Waals surface area contributed by atoms with Gasteiger partial charge < -0.3 is 34.7 Å². The Morgan fingerprint density at radius 2 is 1.84 bits per heavy atom. The molecular weight excluding hydrogens is 611 g/mol. The SMILES string of the molecule is CCOc1cc([C@H]2NC(=O)NC(C)=C2C(=O)OC)ccc1OC[C@H](O)N/N=C/c1cc(Cl)ccc1OCc1ccccc1Cl. The maximum atomic E-state index is 12.4. The number of hydrogen-bond acceptors (Lipinski definition) is 9. The van der Waals surface area contributed by atoms with Gasteiger partial charge in [-0.2, -0.15) is 5.10 Å². The molecule has 0 saturated carbocycles. The van der Waals surface area contributed by atoms with E-state index in [2.05, 4.69) is 21.2 Å². The fraction of sp³-hybridized carbons (Fsp3) is 0.258. The van der Waals surface area contributed by atoms with Crippen LogP contribution >= 0.6 is 23.2 Å². The van der Waals surface area contributed by atoms with Crippen molar-refractivity contribution in [3.8, 4) is 17.2 Å². The molecule has 4 rings (SSSR count). The maximum Gasteiger partial charge on any atom is 0.337 e. The Morgan fingerprint density at radius 1 is 1.07 bits per heavy atom. The van der Waals surface area contributed by atoms with Crippen molar-refractivity contribution in [3.63, 3.8) is 0 Å². The zero-order valence-electron chi connectivity index (χ0n) is 24.2. The topological polar surface area (TPSA) is 140 Å². The van der Waals surface area contributed by atoms with Gasteiger partial charge in [-0.3, -0.25) is 5.43 Å². The third-order valence-electron chi connectivity index (χ3n) is 6.41. The molecule has 1 aliphatic heterocycles. The molecule has 3 aromatic rings. The van der Waals surface area contributed by atoms with Crippen molar-refractivity contribution < 1.29 is 33.6 Å². The van der Waals surface area contributed by atoms with E-state index in [0.29, 0.717) is 50.7 Å². The Bertz CT molecular complexity index is 1560. The molecule has 0 fully saturated rings. The molecule has 2 atom stereocenters. The van der Waals surface area contributed by atoms with Gasteiger partial charge in [-0.1, -0.05) is 47.5 Å². The first-order chi connectivity index (χ1) is 21.2. The zero-order valence-corrected chi connectivity index (χ0v) is 25.7. The smallest absolute Gasteiger partial charge is 0.337 e. The van der Waals surface area contributed by atoms with E-state index in [1.54, 1.807) is 56.3 Å². The summed E-state index contributed by atoms with van der Waals surface area (Å²) in [5, 5.41) is 21.0. The van der Waals surface area contributed by atoms with Crippen LogP contribution in [0.1, 0.15) is 36.6 Å². The van der Waals surface area contributed by atoms with Crippen molar-refractivity contribution in [2.24, 2.45) is 5.10 Å². The molecule has 0 aromatic heterocycles. The van der Waals surface area contributed by atoms with E-state index in [1.165, 1.54) is 13.3 Å². The van der Waals surface area contributed by atoms with E-state index in [1.807, 2.05) is 18.2 Å². The number of amides is 2. The summed E-state index contributed by atoms with van der Waals surface area (Å²) in [6, 6.07) is 16.2. The monoisotopic (exact) mass is 642 g/mol. The second-order valence-corrected chi connectivity index (χ2v) is 10.3. The van der Waals surface area contributed by atoms with E-state index in [0.717, 1.165) is 5.56 Å². The molecule has 1 aliphatic rings. The standard InChI is InChI=1S/C31H32Cl2N4O7/c1-4-42-26-14-19(29-28(30(39)41-3)18(2)35-31(40)36-29)9-11-25(26)44-17-27(38)37-34-15-21-13-22(32)10-12-24(21)43-16-20-7-5-6-8-23(20)33/h5-15,27,29,37-38H,4,16-17H2,1-3H3,(H2,35,36,40)/b34-15+/t27-,29+/m0/s1. The minimum absolute atomic E-state index is 0.182. The average molecular weight is 644 g/mol. The van der Waals surface area contributed by atoms with Crippen molar-refractivity contribution in [2.45, 2.75) is 32.7 Å². The fourth-order valence-corrected chi connectivity index (χ4v) is 4.71. The van der Waals surface area contributed by atoms with Crippen LogP contribution in [0, 0.1) is 0 Å². The second kappa shape index (κ2) is 15.3. The van der Waals surface area contributed by atoms with Gasteiger partial charge in [0, 0.05) is 26.9 Å². The van der Waals surface area contributed by atoms with Crippen molar-refractivity contribution in [1.82, 2.24) is 16.1 Å². The third-order valence-corrected chi connectivity index (χ3v) is 7.02. The van der Waals surface area contributed by atoms with Gasteiger partial charge >= 0.3 is 12.0 Å². The number of hydrazone groups is 1. The number of hydrogen-bond donors (Lipinski definition) is 4. The van der Waals surface area contributed by atoms with Crippen LogP contribution in [0.3, 0.4) is 0 Å². The lowest BCUT2D eigenvalue weighted by Gasteiger charge is -2.28. The van der Waals surface area contributed by atoms with Crippen LogP contribution in [0.25, 0.3) is 0 Å². The molecule has 44 heavy (non-hydrogen) atoms. The average Bonchev–Trinajstić information content (AvgIpc) is 3.00. The maximum absolute atomic E-state index is 12.4. The predicted molar refractivity (Wildman–Crippen MR) is 166 cm³/mol. The number of nitrogens with one attached hydrogen (secondary N) is 3. The van der Waals surface area contributed by atoms with Gasteiger partial charge in [0.05, 0.1) is 31.5 Å². The highest BCUT2D eigenvalue weighted by molar-refractivity contribution is 6.31. The summed E-state index contributed by atoms with van der Waals surface area (Å²) in [7, 11) is 1.27. The van der Waals surface area contributed by atoms with Crippen molar-refractivity contribution >= 4 is 41.4 Å². The van der Waals surface area contributed by atoms with Crippen LogP contribution in [-0.2, 0) is 16.1 Å². The molecule has 0 aliphatic carbocycles. The molecule has 11 nitrogen and oxygen atoms in total. The molecule has 232 valence electrons.